The van der Waals surface area contributed by atoms with E-state index < -0.39 is 12.0 Å². The van der Waals surface area contributed by atoms with Crippen LogP contribution in [0, 0.1) is 11.8 Å². The van der Waals surface area contributed by atoms with Gasteiger partial charge in [-0.3, -0.25) is 14.5 Å². The highest BCUT2D eigenvalue weighted by atomic mass is 16.4. The molecule has 0 aromatic heterocycles. The van der Waals surface area contributed by atoms with Gasteiger partial charge in [-0.05, 0) is 45.2 Å². The van der Waals surface area contributed by atoms with Gasteiger partial charge in [0.25, 0.3) is 0 Å². The first-order valence-corrected chi connectivity index (χ1v) is 10.2. The molecule has 0 aromatic rings. The summed E-state index contributed by atoms with van der Waals surface area (Å²) in [5, 5.41) is 12.1. The lowest BCUT2D eigenvalue weighted by Gasteiger charge is -2.36. The summed E-state index contributed by atoms with van der Waals surface area (Å²) >= 11 is 0. The number of nitrogens with zero attached hydrogens (tertiary/aromatic N) is 2. The third-order valence-electron chi connectivity index (χ3n) is 5.54. The first kappa shape index (κ1) is 24.1. The van der Waals surface area contributed by atoms with Gasteiger partial charge in [0.05, 0.1) is 12.1 Å². The Hall–Kier alpha value is -1.89. The number of hydrogen-bond donors (Lipinski definition) is 2. The molecule has 0 saturated carbocycles. The van der Waals surface area contributed by atoms with Gasteiger partial charge in [-0.25, -0.2) is 4.79 Å². The molecule has 1 fully saturated rings. The zero-order chi connectivity index (χ0) is 21.6. The number of likely N-dealkylation sites (N-methyl/N-ethyl adjacent to an activating group) is 2. The Morgan fingerprint density at radius 2 is 1.75 bits per heavy atom. The minimum absolute atomic E-state index is 0.0382. The highest BCUT2D eigenvalue weighted by Crippen LogP contribution is 2.19. The van der Waals surface area contributed by atoms with Gasteiger partial charge in [0.2, 0.25) is 11.8 Å². The second kappa shape index (κ2) is 10.6. The molecule has 2 amide bonds. The van der Waals surface area contributed by atoms with Gasteiger partial charge in [0.15, 0.2) is 0 Å². The molecule has 1 heterocycles. The van der Waals surface area contributed by atoms with E-state index >= 15 is 0 Å². The summed E-state index contributed by atoms with van der Waals surface area (Å²) in [6, 6.07) is -1.21. The van der Waals surface area contributed by atoms with Crippen LogP contribution in [0.5, 0.6) is 0 Å². The lowest BCUT2D eigenvalue weighted by molar-refractivity contribution is -0.140. The molecule has 1 saturated heterocycles. The number of amides is 2. The molecular weight excluding hydrogens is 358 g/mol. The highest BCUT2D eigenvalue weighted by molar-refractivity contribution is 5.90. The molecule has 1 aliphatic heterocycles. The minimum atomic E-state index is -0.999. The van der Waals surface area contributed by atoms with Gasteiger partial charge in [-0.15, -0.1) is 0 Å². The molecule has 0 aromatic carbocycles. The molecule has 28 heavy (non-hydrogen) atoms. The number of nitrogens with one attached hydrogen (secondary N) is 1. The summed E-state index contributed by atoms with van der Waals surface area (Å²) in [6.07, 6.45) is 4.50. The number of carboxylic acid groups (broad SMARTS) is 1. The molecule has 0 spiro atoms. The summed E-state index contributed by atoms with van der Waals surface area (Å²) in [5.41, 5.74) is 0.201. The Bertz CT molecular complexity index is 600. The van der Waals surface area contributed by atoms with Crippen LogP contribution in [0.1, 0.15) is 53.9 Å². The molecule has 0 radical (unpaired) electrons. The maximum absolute atomic E-state index is 13.2. The fourth-order valence-electron chi connectivity index (χ4n) is 3.61. The second-order valence-electron chi connectivity index (χ2n) is 8.56. The predicted molar refractivity (Wildman–Crippen MR) is 110 cm³/mol. The van der Waals surface area contributed by atoms with Gasteiger partial charge in [0.1, 0.15) is 6.04 Å². The summed E-state index contributed by atoms with van der Waals surface area (Å²) in [4.78, 5) is 40.8. The Kier molecular flexibility index (Phi) is 9.14. The van der Waals surface area contributed by atoms with Crippen molar-refractivity contribution in [1.82, 2.24) is 15.1 Å². The topological polar surface area (TPSA) is 90.0 Å². The average Bonchev–Trinajstić information content (AvgIpc) is 2.62. The maximum atomic E-state index is 13.2. The second-order valence-corrected chi connectivity index (χ2v) is 8.56. The van der Waals surface area contributed by atoms with E-state index in [9.17, 15) is 19.5 Å². The van der Waals surface area contributed by atoms with Crippen molar-refractivity contribution in [2.45, 2.75) is 72.0 Å². The molecule has 1 rings (SSSR count). The largest absolute Gasteiger partial charge is 0.478 e. The molecule has 1 unspecified atom stereocenters. The van der Waals surface area contributed by atoms with E-state index in [1.807, 2.05) is 39.6 Å². The van der Waals surface area contributed by atoms with Gasteiger partial charge >= 0.3 is 5.97 Å². The molecule has 1 aliphatic rings. The van der Waals surface area contributed by atoms with Crippen LogP contribution in [0.4, 0.5) is 0 Å². The van der Waals surface area contributed by atoms with Crippen LogP contribution in [0.15, 0.2) is 11.6 Å². The molecule has 160 valence electrons. The van der Waals surface area contributed by atoms with E-state index in [2.05, 4.69) is 5.32 Å². The summed E-state index contributed by atoms with van der Waals surface area (Å²) in [6.45, 7) is 10.1. The number of carboxylic acids is 1. The Labute approximate surface area is 169 Å². The van der Waals surface area contributed by atoms with Crippen molar-refractivity contribution in [3.63, 3.8) is 0 Å². The SMILES string of the molecule is CC(=C[C@H](C(C)C)N(C)C(=O)[C@@H](NC(=O)C1CCCCN1C)C(C)C)C(=O)O. The van der Waals surface area contributed by atoms with E-state index in [0.717, 1.165) is 25.8 Å². The van der Waals surface area contributed by atoms with Gasteiger partial charge in [0, 0.05) is 12.6 Å². The number of piperidine rings is 1. The first-order valence-electron chi connectivity index (χ1n) is 10.2. The fourth-order valence-corrected chi connectivity index (χ4v) is 3.61. The van der Waals surface area contributed by atoms with Crippen molar-refractivity contribution >= 4 is 17.8 Å². The van der Waals surface area contributed by atoms with Crippen LogP contribution < -0.4 is 5.32 Å². The van der Waals surface area contributed by atoms with E-state index in [1.54, 1.807) is 18.0 Å². The average molecular weight is 396 g/mol. The Balaban J connectivity index is 2.99. The molecule has 7 nitrogen and oxygen atoms in total. The van der Waals surface area contributed by atoms with Crippen molar-refractivity contribution in [3.05, 3.63) is 11.6 Å². The molecule has 3 atom stereocenters. The van der Waals surface area contributed by atoms with Crippen LogP contribution >= 0.6 is 0 Å². The molecule has 2 N–H and O–H groups in total. The van der Waals surface area contributed by atoms with Gasteiger partial charge in [-0.2, -0.15) is 0 Å². The third-order valence-corrected chi connectivity index (χ3v) is 5.54. The number of aliphatic carboxylic acids is 1. The minimum Gasteiger partial charge on any atom is -0.478 e. The summed E-state index contributed by atoms with van der Waals surface area (Å²) in [5.74, 6) is -1.35. The van der Waals surface area contributed by atoms with E-state index in [-0.39, 0.29) is 41.3 Å². The summed E-state index contributed by atoms with van der Waals surface area (Å²) < 4.78 is 0. The van der Waals surface area contributed by atoms with Crippen LogP contribution in [0.25, 0.3) is 0 Å². The monoisotopic (exact) mass is 395 g/mol. The van der Waals surface area contributed by atoms with E-state index in [1.165, 1.54) is 6.92 Å². The smallest absolute Gasteiger partial charge is 0.331 e. The molecule has 7 heteroatoms. The van der Waals surface area contributed by atoms with Crippen molar-refractivity contribution in [2.24, 2.45) is 11.8 Å². The van der Waals surface area contributed by atoms with Crippen molar-refractivity contribution in [1.29, 1.82) is 0 Å². The van der Waals surface area contributed by atoms with Crippen molar-refractivity contribution < 1.29 is 19.5 Å². The number of rotatable bonds is 8. The summed E-state index contributed by atoms with van der Waals surface area (Å²) in [7, 11) is 3.61. The van der Waals surface area contributed by atoms with Crippen molar-refractivity contribution in [2.75, 3.05) is 20.6 Å². The predicted octanol–water partition coefficient (Wildman–Crippen LogP) is 2.13. The lowest BCUT2D eigenvalue weighted by atomic mass is 9.96. The zero-order valence-electron chi connectivity index (χ0n) is 18.4. The first-order chi connectivity index (χ1) is 13.0. The number of carbonyl (C=O) groups excluding carboxylic acids is 2. The van der Waals surface area contributed by atoms with Gasteiger partial charge in [-0.1, -0.05) is 40.2 Å². The highest BCUT2D eigenvalue weighted by Gasteiger charge is 2.34. The normalized spacial score (nSPS) is 20.8. The van der Waals surface area contributed by atoms with E-state index in [0.29, 0.717) is 0 Å². The van der Waals surface area contributed by atoms with Crippen LogP contribution in [0.3, 0.4) is 0 Å². The van der Waals surface area contributed by atoms with Crippen molar-refractivity contribution in [3.8, 4) is 0 Å². The lowest BCUT2D eigenvalue weighted by Crippen LogP contribution is -2.57. The van der Waals surface area contributed by atoms with E-state index in [4.69, 9.17) is 0 Å². The third kappa shape index (κ3) is 6.33. The number of carbonyl (C=O) groups is 3. The standard InChI is InChI=1S/C21H37N3O4/c1-13(2)17(12-15(5)21(27)28)24(7)20(26)18(14(3)4)22-19(25)16-10-8-9-11-23(16)6/h12-14,16-18H,8-11H2,1-7H3,(H,22,25)(H,27,28)/t16?,17-,18+/m1/s1. The fraction of sp³-hybridized carbons (Fsp3) is 0.762. The number of likely N-dealkylation sites (tertiary alicyclic amines) is 1. The van der Waals surface area contributed by atoms with Crippen LogP contribution in [0.2, 0.25) is 0 Å². The van der Waals surface area contributed by atoms with Crippen LogP contribution in [-0.4, -0.2) is 71.5 Å². The zero-order valence-corrected chi connectivity index (χ0v) is 18.4. The Morgan fingerprint density at radius 3 is 2.21 bits per heavy atom. The molecule has 0 aliphatic carbocycles. The Morgan fingerprint density at radius 1 is 1.14 bits per heavy atom. The number of hydrogen-bond acceptors (Lipinski definition) is 4. The van der Waals surface area contributed by atoms with Crippen LogP contribution in [-0.2, 0) is 14.4 Å². The maximum Gasteiger partial charge on any atom is 0.331 e. The molecular formula is C21H37N3O4. The van der Waals surface area contributed by atoms with Gasteiger partial charge < -0.3 is 15.3 Å². The molecule has 0 bridgehead atoms. The quantitative estimate of drug-likeness (QED) is 0.615.